The van der Waals surface area contributed by atoms with Crippen LogP contribution in [0, 0.1) is 5.82 Å². The summed E-state index contributed by atoms with van der Waals surface area (Å²) in [5.41, 5.74) is 3.08. The predicted octanol–water partition coefficient (Wildman–Crippen LogP) is 2.48. The lowest BCUT2D eigenvalue weighted by molar-refractivity contribution is -0.116. The summed E-state index contributed by atoms with van der Waals surface area (Å²) in [6.45, 7) is 5.58. The summed E-state index contributed by atoms with van der Waals surface area (Å²) in [6, 6.07) is 7.96. The van der Waals surface area contributed by atoms with E-state index in [9.17, 15) is 19.4 Å². The van der Waals surface area contributed by atoms with Gasteiger partial charge in [0, 0.05) is 18.9 Å². The van der Waals surface area contributed by atoms with Gasteiger partial charge in [-0.05, 0) is 35.7 Å². The number of nitrogens with zero attached hydrogens (tertiary/aromatic N) is 2. The van der Waals surface area contributed by atoms with Crippen LogP contribution in [0.1, 0.15) is 49.4 Å². The summed E-state index contributed by atoms with van der Waals surface area (Å²) in [5, 5.41) is 19.7. The molecule has 2 heterocycles. The minimum absolute atomic E-state index is 0.0678. The Labute approximate surface area is 152 Å². The number of anilines is 1. The lowest BCUT2D eigenvalue weighted by Crippen LogP contribution is -2.32. The van der Waals surface area contributed by atoms with Crippen molar-refractivity contribution in [3.8, 4) is 0 Å². The van der Waals surface area contributed by atoms with Crippen molar-refractivity contribution in [1.29, 1.82) is 0 Å². The van der Waals surface area contributed by atoms with Gasteiger partial charge in [-0.3, -0.25) is 9.78 Å². The van der Waals surface area contributed by atoms with Gasteiger partial charge in [0.1, 0.15) is 11.9 Å². The molecule has 2 N–H and O–H groups in total. The van der Waals surface area contributed by atoms with Crippen LogP contribution in [0.25, 0.3) is 0 Å². The third-order valence-corrected chi connectivity index (χ3v) is 4.78. The molecule has 0 saturated carbocycles. The topological polar surface area (TPSA) is 73.7 Å². The van der Waals surface area contributed by atoms with Crippen LogP contribution in [0.2, 0.25) is 0 Å². The molecular weight excluding hydrogens is 335 g/mol. The second kappa shape index (κ2) is 6.78. The summed E-state index contributed by atoms with van der Waals surface area (Å²) in [6.07, 6.45) is -0.697. The molecule has 1 aromatic carbocycles. The Morgan fingerprint density at radius 3 is 2.58 bits per heavy atom. The Balaban J connectivity index is 2.12. The molecule has 0 bridgehead atoms. The average molecular weight is 358 g/mol. The monoisotopic (exact) mass is 358 g/mol. The number of pyridine rings is 1. The first-order valence-corrected chi connectivity index (χ1v) is 8.58. The van der Waals surface area contributed by atoms with E-state index in [1.165, 1.54) is 19.1 Å². The van der Waals surface area contributed by atoms with Crippen LogP contribution in [0.15, 0.2) is 30.3 Å². The van der Waals surface area contributed by atoms with Crippen LogP contribution in [0.3, 0.4) is 0 Å². The maximum absolute atomic E-state index is 13.2. The molecule has 6 heteroatoms. The molecule has 5 nitrogen and oxygen atoms in total. The summed E-state index contributed by atoms with van der Waals surface area (Å²) in [4.78, 5) is 18.4. The van der Waals surface area contributed by atoms with Crippen LogP contribution in [0.5, 0.6) is 0 Å². The fourth-order valence-electron chi connectivity index (χ4n) is 3.44. The zero-order valence-corrected chi connectivity index (χ0v) is 15.2. The van der Waals surface area contributed by atoms with Crippen molar-refractivity contribution < 1.29 is 19.4 Å². The number of hydrogen-bond donors (Lipinski definition) is 2. The molecule has 26 heavy (non-hydrogen) atoms. The van der Waals surface area contributed by atoms with E-state index in [0.29, 0.717) is 24.2 Å². The fourth-order valence-corrected chi connectivity index (χ4v) is 3.44. The van der Waals surface area contributed by atoms with Crippen molar-refractivity contribution in [1.82, 2.24) is 4.98 Å². The van der Waals surface area contributed by atoms with E-state index in [4.69, 9.17) is 0 Å². The Morgan fingerprint density at radius 2 is 2.00 bits per heavy atom. The third kappa shape index (κ3) is 3.34. The summed E-state index contributed by atoms with van der Waals surface area (Å²) in [5.74, 6) is -0.386. The summed E-state index contributed by atoms with van der Waals surface area (Å²) >= 11 is 0. The second-order valence-electron chi connectivity index (χ2n) is 7.39. The van der Waals surface area contributed by atoms with Crippen LogP contribution >= 0.6 is 0 Å². The van der Waals surface area contributed by atoms with Gasteiger partial charge in [-0.2, -0.15) is 0 Å². The van der Waals surface area contributed by atoms with Crippen LogP contribution in [-0.4, -0.2) is 34.3 Å². The second-order valence-corrected chi connectivity index (χ2v) is 7.39. The Kier molecular flexibility index (Phi) is 4.82. The molecule has 2 aromatic rings. The molecular formula is C20H23FN2O3. The smallest absolute Gasteiger partial charge is 0.223 e. The van der Waals surface area contributed by atoms with E-state index in [0.717, 1.165) is 16.9 Å². The number of aromatic nitrogens is 1. The van der Waals surface area contributed by atoms with Crippen molar-refractivity contribution >= 4 is 11.6 Å². The van der Waals surface area contributed by atoms with Gasteiger partial charge in [0.25, 0.3) is 0 Å². The van der Waals surface area contributed by atoms with Gasteiger partial charge in [-0.15, -0.1) is 0 Å². The number of rotatable bonds is 4. The molecule has 1 unspecified atom stereocenters. The number of carbonyl (C=O) groups is 1. The number of benzene rings is 1. The molecule has 3 rings (SSSR count). The van der Waals surface area contributed by atoms with Gasteiger partial charge in [0.05, 0.1) is 23.7 Å². The van der Waals surface area contributed by atoms with Crippen molar-refractivity contribution in [3.05, 3.63) is 58.7 Å². The molecule has 1 aromatic heterocycles. The average Bonchev–Trinajstić information content (AvgIpc) is 2.86. The van der Waals surface area contributed by atoms with Gasteiger partial charge in [-0.25, -0.2) is 4.39 Å². The van der Waals surface area contributed by atoms with Crippen LogP contribution in [0.4, 0.5) is 10.1 Å². The van der Waals surface area contributed by atoms with Crippen molar-refractivity contribution in [2.24, 2.45) is 0 Å². The number of hydrogen-bond acceptors (Lipinski definition) is 4. The van der Waals surface area contributed by atoms with Gasteiger partial charge in [0.2, 0.25) is 5.91 Å². The molecule has 138 valence electrons. The van der Waals surface area contributed by atoms with Crippen molar-refractivity contribution in [2.75, 3.05) is 18.1 Å². The Morgan fingerprint density at radius 1 is 1.35 bits per heavy atom. The highest BCUT2D eigenvalue weighted by Gasteiger charge is 2.39. The van der Waals surface area contributed by atoms with E-state index >= 15 is 0 Å². The lowest BCUT2D eigenvalue weighted by atomic mass is 9.90. The minimum atomic E-state index is -1.11. The van der Waals surface area contributed by atoms with Gasteiger partial charge < -0.3 is 15.1 Å². The van der Waals surface area contributed by atoms with E-state index in [-0.39, 0.29) is 17.1 Å². The zero-order chi connectivity index (χ0) is 19.1. The number of fused-ring (bicyclic) bond motifs is 1. The number of aliphatic hydroxyl groups is 2. The number of halogens is 1. The largest absolute Gasteiger partial charge is 0.393 e. The van der Waals surface area contributed by atoms with E-state index in [1.54, 1.807) is 17.0 Å². The quantitative estimate of drug-likeness (QED) is 0.881. The van der Waals surface area contributed by atoms with Crippen LogP contribution < -0.4 is 4.90 Å². The predicted molar refractivity (Wildman–Crippen MR) is 96.5 cm³/mol. The number of carbonyl (C=O) groups excluding carboxylic acids is 1. The summed E-state index contributed by atoms with van der Waals surface area (Å²) < 4.78 is 13.2. The normalized spacial score (nSPS) is 16.5. The maximum Gasteiger partial charge on any atom is 0.223 e. The highest BCUT2D eigenvalue weighted by atomic mass is 19.1. The number of amides is 1. The van der Waals surface area contributed by atoms with Crippen LogP contribution in [-0.2, 0) is 16.6 Å². The molecule has 0 radical (unpaired) electrons. The zero-order valence-electron chi connectivity index (χ0n) is 15.2. The standard InChI is InChI=1S/C20H23FN2O3/c1-12(25)23-11-20(2,3)19-16(23)9-14(18(22-19)17(26)10-24)8-13-4-6-15(21)7-5-13/h4-7,9,17,24,26H,8,10-11H2,1-3H3. The molecule has 0 aliphatic carbocycles. The first-order valence-electron chi connectivity index (χ1n) is 8.58. The highest BCUT2D eigenvalue weighted by Crippen LogP contribution is 2.41. The van der Waals surface area contributed by atoms with E-state index in [2.05, 4.69) is 4.98 Å². The maximum atomic E-state index is 13.2. The first-order chi connectivity index (χ1) is 12.2. The molecule has 0 fully saturated rings. The van der Waals surface area contributed by atoms with Gasteiger partial charge in [-0.1, -0.05) is 26.0 Å². The third-order valence-electron chi connectivity index (χ3n) is 4.78. The fraction of sp³-hybridized carbons (Fsp3) is 0.400. The van der Waals surface area contributed by atoms with E-state index < -0.39 is 12.7 Å². The SMILES string of the molecule is CC(=O)N1CC(C)(C)c2nc(C(O)CO)c(Cc3ccc(F)cc3)cc21. The summed E-state index contributed by atoms with van der Waals surface area (Å²) in [7, 11) is 0. The molecule has 1 atom stereocenters. The molecule has 0 saturated heterocycles. The Hall–Kier alpha value is -2.31. The molecule has 1 aliphatic rings. The molecule has 0 spiro atoms. The molecule has 1 amide bonds. The lowest BCUT2D eigenvalue weighted by Gasteiger charge is -2.19. The van der Waals surface area contributed by atoms with Crippen molar-refractivity contribution in [2.45, 2.75) is 38.7 Å². The minimum Gasteiger partial charge on any atom is -0.393 e. The van der Waals surface area contributed by atoms with E-state index in [1.807, 2.05) is 19.9 Å². The molecule has 1 aliphatic heterocycles. The van der Waals surface area contributed by atoms with Crippen molar-refractivity contribution in [3.63, 3.8) is 0 Å². The first kappa shape index (κ1) is 18.5. The van der Waals surface area contributed by atoms with Gasteiger partial charge in [0.15, 0.2) is 0 Å². The number of aliphatic hydroxyl groups excluding tert-OH is 2. The van der Waals surface area contributed by atoms with Gasteiger partial charge >= 0.3 is 0 Å². The highest BCUT2D eigenvalue weighted by molar-refractivity contribution is 5.94. The Bertz CT molecular complexity index is 834.